The number of pyridine rings is 1. The van der Waals surface area contributed by atoms with Gasteiger partial charge in [-0.3, -0.25) is 4.18 Å². The minimum Gasteiger partial charge on any atom is -0.489 e. The number of rotatable bonds is 11. The van der Waals surface area contributed by atoms with Crippen LogP contribution in [-0.2, 0) is 20.8 Å². The average molecular weight is 549 g/mol. The fourth-order valence-electron chi connectivity index (χ4n) is 4.05. The zero-order valence-electron chi connectivity index (χ0n) is 21.0. The molecular weight excluding hydrogens is 520 g/mol. The van der Waals surface area contributed by atoms with Crippen molar-refractivity contribution in [2.24, 2.45) is 11.8 Å². The highest BCUT2D eigenvalue weighted by atomic mass is 35.5. The number of fused-ring (bicyclic) bond motifs is 1. The molecule has 0 aliphatic carbocycles. The van der Waals surface area contributed by atoms with E-state index in [9.17, 15) is 8.42 Å². The second-order valence-corrected chi connectivity index (χ2v) is 11.1. The standard InChI is InChI=1S/C24H29ClN6O5S/c1-5-31-21-18(11-27-22(25)19(21)28-24(31)20-23(26)30-36-29-20)34-12-16(10-14(2)3)13-35-37(32,33)17-8-6-15(4)7-9-17/h6-9,11,14,16H,5,10,12-13H2,1-4H3,(H2,26,30). The smallest absolute Gasteiger partial charge is 0.296 e. The Morgan fingerprint density at radius 1 is 1.16 bits per heavy atom. The summed E-state index contributed by atoms with van der Waals surface area (Å²) in [5.74, 6) is 1.03. The number of halogens is 1. The highest BCUT2D eigenvalue weighted by Gasteiger charge is 2.25. The SMILES string of the molecule is CCn1c(-c2nonc2N)nc2c(Cl)ncc(OCC(COS(=O)(=O)c3ccc(C)cc3)CC(C)C)c21. The lowest BCUT2D eigenvalue weighted by atomic mass is 9.99. The molecule has 37 heavy (non-hydrogen) atoms. The van der Waals surface area contributed by atoms with Crippen molar-refractivity contribution in [2.75, 3.05) is 18.9 Å². The van der Waals surface area contributed by atoms with Crippen molar-refractivity contribution in [1.82, 2.24) is 24.8 Å². The third kappa shape index (κ3) is 5.86. The van der Waals surface area contributed by atoms with Crippen molar-refractivity contribution in [3.63, 3.8) is 0 Å². The molecule has 0 aliphatic rings. The summed E-state index contributed by atoms with van der Waals surface area (Å²) in [6, 6.07) is 6.54. The first-order chi connectivity index (χ1) is 17.6. The highest BCUT2D eigenvalue weighted by molar-refractivity contribution is 7.86. The van der Waals surface area contributed by atoms with Gasteiger partial charge in [0, 0.05) is 12.5 Å². The van der Waals surface area contributed by atoms with Gasteiger partial charge in [0.25, 0.3) is 10.1 Å². The summed E-state index contributed by atoms with van der Waals surface area (Å²) >= 11 is 6.35. The van der Waals surface area contributed by atoms with E-state index in [2.05, 4.69) is 34.1 Å². The Hall–Kier alpha value is -3.22. The lowest BCUT2D eigenvalue weighted by Gasteiger charge is -2.20. The average Bonchev–Trinajstić information content (AvgIpc) is 3.45. The van der Waals surface area contributed by atoms with Gasteiger partial charge in [-0.2, -0.15) is 8.42 Å². The fourth-order valence-corrected chi connectivity index (χ4v) is 5.20. The molecule has 2 N–H and O–H groups in total. The molecule has 198 valence electrons. The molecular formula is C24H29ClN6O5S. The summed E-state index contributed by atoms with van der Waals surface area (Å²) in [7, 11) is -3.90. The first-order valence-electron chi connectivity index (χ1n) is 11.8. The molecule has 4 aromatic rings. The number of aryl methyl sites for hydroxylation is 2. The number of anilines is 1. The molecule has 0 aliphatic heterocycles. The van der Waals surface area contributed by atoms with E-state index >= 15 is 0 Å². The number of nitrogens with two attached hydrogens (primary N) is 1. The maximum Gasteiger partial charge on any atom is 0.296 e. The first kappa shape index (κ1) is 26.8. The van der Waals surface area contributed by atoms with Gasteiger partial charge in [-0.1, -0.05) is 43.1 Å². The van der Waals surface area contributed by atoms with Crippen LogP contribution in [0.15, 0.2) is 40.0 Å². The molecule has 11 nitrogen and oxygen atoms in total. The molecule has 1 unspecified atom stereocenters. The normalized spacial score (nSPS) is 12.9. The van der Waals surface area contributed by atoms with Crippen LogP contribution in [0, 0.1) is 18.8 Å². The Balaban J connectivity index is 1.58. The summed E-state index contributed by atoms with van der Waals surface area (Å²) in [6.45, 7) is 8.59. The summed E-state index contributed by atoms with van der Waals surface area (Å²) in [4.78, 5) is 8.91. The van der Waals surface area contributed by atoms with Gasteiger partial charge in [0.1, 0.15) is 11.0 Å². The van der Waals surface area contributed by atoms with E-state index in [4.69, 9.17) is 30.9 Å². The zero-order valence-corrected chi connectivity index (χ0v) is 22.6. The number of benzene rings is 1. The predicted octanol–water partition coefficient (Wildman–Crippen LogP) is 4.49. The molecule has 3 aromatic heterocycles. The molecule has 3 heterocycles. The monoisotopic (exact) mass is 548 g/mol. The van der Waals surface area contributed by atoms with E-state index in [-0.39, 0.29) is 46.6 Å². The number of aromatic nitrogens is 5. The predicted molar refractivity (Wildman–Crippen MR) is 139 cm³/mol. The second-order valence-electron chi connectivity index (χ2n) is 9.15. The number of nitrogen functional groups attached to an aromatic ring is 1. The fraction of sp³-hybridized carbons (Fsp3) is 0.417. The van der Waals surface area contributed by atoms with Crippen molar-refractivity contribution in [3.8, 4) is 17.3 Å². The first-order valence-corrected chi connectivity index (χ1v) is 13.6. The molecule has 0 saturated carbocycles. The van der Waals surface area contributed by atoms with Crippen LogP contribution >= 0.6 is 11.6 Å². The Labute approximate surface area is 220 Å². The largest absolute Gasteiger partial charge is 0.489 e. The quantitative estimate of drug-likeness (QED) is 0.210. The second kappa shape index (κ2) is 11.0. The van der Waals surface area contributed by atoms with E-state index in [1.807, 2.05) is 18.4 Å². The van der Waals surface area contributed by atoms with Gasteiger partial charge in [0.05, 0.1) is 24.3 Å². The van der Waals surface area contributed by atoms with Gasteiger partial charge in [-0.05, 0) is 48.6 Å². The van der Waals surface area contributed by atoms with Crippen molar-refractivity contribution in [1.29, 1.82) is 0 Å². The minimum atomic E-state index is -3.90. The van der Waals surface area contributed by atoms with E-state index in [0.717, 1.165) is 5.56 Å². The molecule has 1 atom stereocenters. The minimum absolute atomic E-state index is 0.0298. The molecule has 0 saturated heterocycles. The van der Waals surface area contributed by atoms with Gasteiger partial charge in [0.2, 0.25) is 0 Å². The molecule has 0 radical (unpaired) electrons. The number of ether oxygens (including phenoxy) is 1. The molecule has 13 heteroatoms. The van der Waals surface area contributed by atoms with Gasteiger partial charge < -0.3 is 15.0 Å². The number of imidazole rings is 1. The lowest BCUT2D eigenvalue weighted by molar-refractivity contribution is 0.162. The third-order valence-corrected chi connectivity index (χ3v) is 7.35. The van der Waals surface area contributed by atoms with Crippen molar-refractivity contribution in [3.05, 3.63) is 41.2 Å². The van der Waals surface area contributed by atoms with Crippen molar-refractivity contribution >= 4 is 38.6 Å². The van der Waals surface area contributed by atoms with Crippen molar-refractivity contribution < 1.29 is 22.0 Å². The Morgan fingerprint density at radius 3 is 2.51 bits per heavy atom. The molecule has 0 spiro atoms. The Kier molecular flexibility index (Phi) is 8.00. The number of hydrogen-bond acceptors (Lipinski definition) is 10. The number of hydrogen-bond donors (Lipinski definition) is 1. The Bertz CT molecular complexity index is 1480. The summed E-state index contributed by atoms with van der Waals surface area (Å²) in [5, 5.41) is 7.69. The molecule has 0 bridgehead atoms. The van der Waals surface area contributed by atoms with Crippen LogP contribution in [0.4, 0.5) is 5.82 Å². The van der Waals surface area contributed by atoms with E-state index in [0.29, 0.717) is 35.6 Å². The summed E-state index contributed by atoms with van der Waals surface area (Å²) < 4.78 is 43.6. The maximum atomic E-state index is 12.7. The van der Waals surface area contributed by atoms with E-state index in [1.165, 1.54) is 18.3 Å². The maximum absolute atomic E-state index is 12.7. The van der Waals surface area contributed by atoms with Crippen LogP contribution in [0.2, 0.25) is 5.15 Å². The van der Waals surface area contributed by atoms with Gasteiger partial charge in [0.15, 0.2) is 28.2 Å². The molecule has 0 amide bonds. The van der Waals surface area contributed by atoms with Crippen LogP contribution in [0.3, 0.4) is 0 Å². The summed E-state index contributed by atoms with van der Waals surface area (Å²) in [5.41, 5.74) is 8.16. The highest BCUT2D eigenvalue weighted by Crippen LogP contribution is 2.35. The zero-order chi connectivity index (χ0) is 26.7. The summed E-state index contributed by atoms with van der Waals surface area (Å²) in [6.07, 6.45) is 2.20. The molecule has 0 fully saturated rings. The molecule has 4 rings (SSSR count). The van der Waals surface area contributed by atoms with Gasteiger partial charge in [-0.25, -0.2) is 14.6 Å². The number of nitrogens with zero attached hydrogens (tertiary/aromatic N) is 5. The van der Waals surface area contributed by atoms with Gasteiger partial charge in [-0.15, -0.1) is 0 Å². The van der Waals surface area contributed by atoms with Crippen LogP contribution in [0.25, 0.3) is 22.6 Å². The lowest BCUT2D eigenvalue weighted by Crippen LogP contribution is -2.22. The van der Waals surface area contributed by atoms with Crippen LogP contribution in [0.5, 0.6) is 5.75 Å². The van der Waals surface area contributed by atoms with E-state index in [1.54, 1.807) is 12.1 Å². The van der Waals surface area contributed by atoms with Crippen LogP contribution in [0.1, 0.15) is 32.8 Å². The Morgan fingerprint density at radius 2 is 1.89 bits per heavy atom. The third-order valence-electron chi connectivity index (χ3n) is 5.78. The van der Waals surface area contributed by atoms with Crippen molar-refractivity contribution in [2.45, 2.75) is 45.6 Å². The van der Waals surface area contributed by atoms with Crippen LogP contribution < -0.4 is 10.5 Å². The van der Waals surface area contributed by atoms with E-state index < -0.39 is 10.1 Å². The van der Waals surface area contributed by atoms with Crippen LogP contribution in [-0.4, -0.2) is 46.5 Å². The molecule has 1 aromatic carbocycles. The topological polar surface area (TPSA) is 148 Å². The van der Waals surface area contributed by atoms with Gasteiger partial charge >= 0.3 is 0 Å².